The van der Waals surface area contributed by atoms with Crippen molar-refractivity contribution in [3.05, 3.63) is 17.9 Å². The van der Waals surface area contributed by atoms with Crippen LogP contribution in [0.2, 0.25) is 0 Å². The standard InChI is InChI=1S/C8H9NO2S/c9-8(10)6-3-4-7(11-6)12-5-1-2-5/h3-5H,1-2H2,(H2,9,10). The van der Waals surface area contributed by atoms with Crippen LogP contribution in [0.15, 0.2) is 21.6 Å². The summed E-state index contributed by atoms with van der Waals surface area (Å²) in [6.07, 6.45) is 2.49. The zero-order valence-corrected chi connectivity index (χ0v) is 7.26. The van der Waals surface area contributed by atoms with Crippen molar-refractivity contribution in [3.8, 4) is 0 Å². The quantitative estimate of drug-likeness (QED) is 0.774. The van der Waals surface area contributed by atoms with Gasteiger partial charge in [0.05, 0.1) is 0 Å². The van der Waals surface area contributed by atoms with Crippen molar-refractivity contribution in [2.24, 2.45) is 5.73 Å². The van der Waals surface area contributed by atoms with Gasteiger partial charge in [0, 0.05) is 5.25 Å². The van der Waals surface area contributed by atoms with Crippen LogP contribution in [0.25, 0.3) is 0 Å². The fourth-order valence-corrected chi connectivity index (χ4v) is 1.85. The summed E-state index contributed by atoms with van der Waals surface area (Å²) in [7, 11) is 0. The Morgan fingerprint density at radius 3 is 2.83 bits per heavy atom. The summed E-state index contributed by atoms with van der Waals surface area (Å²) in [4.78, 5) is 10.6. The fraction of sp³-hybridized carbons (Fsp3) is 0.375. The van der Waals surface area contributed by atoms with E-state index in [0.717, 1.165) is 5.09 Å². The van der Waals surface area contributed by atoms with E-state index in [1.165, 1.54) is 12.8 Å². The molecule has 1 aromatic rings. The molecule has 64 valence electrons. The first-order chi connectivity index (χ1) is 5.75. The summed E-state index contributed by atoms with van der Waals surface area (Å²) in [6.45, 7) is 0. The average Bonchev–Trinajstić information content (AvgIpc) is 2.66. The van der Waals surface area contributed by atoms with Crippen LogP contribution >= 0.6 is 11.8 Å². The Morgan fingerprint density at radius 2 is 2.33 bits per heavy atom. The number of carbonyl (C=O) groups is 1. The molecule has 1 aliphatic rings. The van der Waals surface area contributed by atoms with E-state index in [1.54, 1.807) is 23.9 Å². The highest BCUT2D eigenvalue weighted by molar-refractivity contribution is 8.00. The van der Waals surface area contributed by atoms with Crippen LogP contribution < -0.4 is 5.73 Å². The van der Waals surface area contributed by atoms with Gasteiger partial charge in [-0.2, -0.15) is 0 Å². The van der Waals surface area contributed by atoms with E-state index < -0.39 is 5.91 Å². The fourth-order valence-electron chi connectivity index (χ4n) is 0.866. The molecule has 3 nitrogen and oxygen atoms in total. The van der Waals surface area contributed by atoms with E-state index in [4.69, 9.17) is 10.2 Å². The van der Waals surface area contributed by atoms with Gasteiger partial charge >= 0.3 is 0 Å². The summed E-state index contributed by atoms with van der Waals surface area (Å²) in [5.41, 5.74) is 5.03. The number of nitrogens with two attached hydrogens (primary N) is 1. The molecule has 12 heavy (non-hydrogen) atoms. The summed E-state index contributed by atoms with van der Waals surface area (Å²) < 4.78 is 5.18. The molecule has 1 heterocycles. The van der Waals surface area contributed by atoms with Crippen LogP contribution in [0.5, 0.6) is 0 Å². The lowest BCUT2D eigenvalue weighted by Crippen LogP contribution is -2.09. The highest BCUT2D eigenvalue weighted by Gasteiger charge is 2.24. The average molecular weight is 183 g/mol. The monoisotopic (exact) mass is 183 g/mol. The van der Waals surface area contributed by atoms with Crippen LogP contribution in [0, 0.1) is 0 Å². The number of furan rings is 1. The number of carbonyl (C=O) groups excluding carboxylic acids is 1. The molecule has 2 rings (SSSR count). The van der Waals surface area contributed by atoms with Gasteiger partial charge < -0.3 is 10.2 Å². The molecular formula is C8H9NO2S. The first-order valence-electron chi connectivity index (χ1n) is 3.82. The molecule has 0 saturated heterocycles. The summed E-state index contributed by atoms with van der Waals surface area (Å²) in [6, 6.07) is 3.41. The third kappa shape index (κ3) is 1.64. The van der Waals surface area contributed by atoms with Crippen molar-refractivity contribution in [1.82, 2.24) is 0 Å². The maximum atomic E-state index is 10.6. The predicted octanol–water partition coefficient (Wildman–Crippen LogP) is 1.63. The third-order valence-electron chi connectivity index (χ3n) is 1.63. The minimum Gasteiger partial charge on any atom is -0.445 e. The van der Waals surface area contributed by atoms with Gasteiger partial charge in [-0.3, -0.25) is 4.79 Å². The molecule has 0 aliphatic heterocycles. The van der Waals surface area contributed by atoms with Gasteiger partial charge in [-0.05, 0) is 25.0 Å². The molecule has 1 fully saturated rings. The van der Waals surface area contributed by atoms with E-state index in [1.807, 2.05) is 0 Å². The summed E-state index contributed by atoms with van der Waals surface area (Å²) in [5.74, 6) is -0.254. The van der Waals surface area contributed by atoms with Crippen molar-refractivity contribution < 1.29 is 9.21 Å². The van der Waals surface area contributed by atoms with Crippen molar-refractivity contribution in [2.45, 2.75) is 23.2 Å². The van der Waals surface area contributed by atoms with Gasteiger partial charge in [0.25, 0.3) is 5.91 Å². The molecule has 1 amide bonds. The lowest BCUT2D eigenvalue weighted by atomic mass is 10.4. The lowest BCUT2D eigenvalue weighted by Gasteiger charge is -1.91. The zero-order valence-electron chi connectivity index (χ0n) is 6.45. The predicted molar refractivity (Wildman–Crippen MR) is 46.1 cm³/mol. The largest absolute Gasteiger partial charge is 0.445 e. The Hall–Kier alpha value is -0.900. The Morgan fingerprint density at radius 1 is 1.58 bits per heavy atom. The normalized spacial score (nSPS) is 16.3. The van der Waals surface area contributed by atoms with Gasteiger partial charge in [0.2, 0.25) is 0 Å². The Labute approximate surface area is 74.3 Å². The third-order valence-corrected chi connectivity index (χ3v) is 2.89. The maximum Gasteiger partial charge on any atom is 0.284 e. The van der Waals surface area contributed by atoms with Crippen LogP contribution in [-0.2, 0) is 0 Å². The van der Waals surface area contributed by atoms with Crippen LogP contribution in [0.3, 0.4) is 0 Å². The minimum atomic E-state index is -0.502. The van der Waals surface area contributed by atoms with Crippen LogP contribution in [-0.4, -0.2) is 11.2 Å². The van der Waals surface area contributed by atoms with E-state index in [-0.39, 0.29) is 5.76 Å². The number of primary amides is 1. The Balaban J connectivity index is 2.06. The van der Waals surface area contributed by atoms with Gasteiger partial charge in [0.15, 0.2) is 10.9 Å². The van der Waals surface area contributed by atoms with E-state index >= 15 is 0 Å². The lowest BCUT2D eigenvalue weighted by molar-refractivity contribution is 0.0969. The minimum absolute atomic E-state index is 0.248. The van der Waals surface area contributed by atoms with Gasteiger partial charge in [-0.25, -0.2) is 0 Å². The number of rotatable bonds is 3. The number of amides is 1. The molecule has 0 bridgehead atoms. The molecule has 1 aliphatic carbocycles. The van der Waals surface area contributed by atoms with Crippen molar-refractivity contribution >= 4 is 17.7 Å². The van der Waals surface area contributed by atoms with E-state index in [9.17, 15) is 4.79 Å². The smallest absolute Gasteiger partial charge is 0.284 e. The van der Waals surface area contributed by atoms with Gasteiger partial charge in [-0.15, -0.1) is 0 Å². The van der Waals surface area contributed by atoms with Crippen molar-refractivity contribution in [3.63, 3.8) is 0 Å². The second-order valence-corrected chi connectivity index (χ2v) is 4.10. The summed E-state index contributed by atoms with van der Waals surface area (Å²) in [5, 5.41) is 1.49. The number of hydrogen-bond acceptors (Lipinski definition) is 3. The molecule has 1 aromatic heterocycles. The molecule has 2 N–H and O–H groups in total. The number of thioether (sulfide) groups is 1. The van der Waals surface area contributed by atoms with Crippen LogP contribution in [0.4, 0.5) is 0 Å². The highest BCUT2D eigenvalue weighted by Crippen LogP contribution is 2.39. The molecule has 4 heteroatoms. The maximum absolute atomic E-state index is 10.6. The molecule has 0 radical (unpaired) electrons. The van der Waals surface area contributed by atoms with Crippen molar-refractivity contribution in [2.75, 3.05) is 0 Å². The van der Waals surface area contributed by atoms with Gasteiger partial charge in [0.1, 0.15) is 0 Å². The Kier molecular flexibility index (Phi) is 1.84. The molecule has 0 aromatic carbocycles. The number of hydrogen-bond donors (Lipinski definition) is 1. The SMILES string of the molecule is NC(=O)c1ccc(SC2CC2)o1. The van der Waals surface area contributed by atoms with Gasteiger partial charge in [-0.1, -0.05) is 11.8 Å². The molecule has 0 unspecified atom stereocenters. The van der Waals surface area contributed by atoms with E-state index in [2.05, 4.69) is 0 Å². The molecule has 0 spiro atoms. The summed E-state index contributed by atoms with van der Waals surface area (Å²) >= 11 is 1.67. The zero-order chi connectivity index (χ0) is 8.55. The first-order valence-corrected chi connectivity index (χ1v) is 4.70. The van der Waals surface area contributed by atoms with Crippen LogP contribution in [0.1, 0.15) is 23.4 Å². The molecule has 0 atom stereocenters. The van der Waals surface area contributed by atoms with E-state index in [0.29, 0.717) is 5.25 Å². The highest BCUT2D eigenvalue weighted by atomic mass is 32.2. The molecule has 1 saturated carbocycles. The molecular weight excluding hydrogens is 174 g/mol. The first kappa shape index (κ1) is 7.73. The Bertz CT molecular complexity index is 304. The van der Waals surface area contributed by atoms with Crippen molar-refractivity contribution in [1.29, 1.82) is 0 Å². The second-order valence-electron chi connectivity index (χ2n) is 2.80. The second kappa shape index (κ2) is 2.86. The topological polar surface area (TPSA) is 56.2 Å².